The zero-order valence-corrected chi connectivity index (χ0v) is 27.6. The van der Waals surface area contributed by atoms with E-state index in [9.17, 15) is 14.7 Å². The number of carbonyl (C=O) groups is 2. The molecule has 0 bridgehead atoms. The van der Waals surface area contributed by atoms with Gasteiger partial charge in [0.2, 0.25) is 11.5 Å². The van der Waals surface area contributed by atoms with Crippen molar-refractivity contribution in [1.82, 2.24) is 9.80 Å². The number of carboxylic acids is 1. The molecule has 2 atom stereocenters. The van der Waals surface area contributed by atoms with E-state index in [1.165, 1.54) is 48.7 Å². The molecule has 0 aromatic heterocycles. The van der Waals surface area contributed by atoms with E-state index in [0.29, 0.717) is 84.6 Å². The van der Waals surface area contributed by atoms with Crippen molar-refractivity contribution in [3.8, 4) is 34.5 Å². The Morgan fingerprint density at radius 2 is 1.20 bits per heavy atom. The standard InChI is InChI=1S/C32H48N2O10/c1-11-20(27-23(31(35)36)17-26(40-7)29(42-9)30(27)43-10)18-33(3)13-14-34(4)19-22(12-2)44-32(37)21-15-24(38-5)28(41-8)25(16-21)39-6/h15-17,20,22H,11-14,18-19H2,1-10H3,(H,35,36)/t20-,22+/m1/s1. The molecule has 246 valence electrons. The summed E-state index contributed by atoms with van der Waals surface area (Å²) in [5.74, 6) is 0.482. The molecular formula is C32H48N2O10. The van der Waals surface area contributed by atoms with Crippen molar-refractivity contribution in [2.75, 3.05) is 82.9 Å². The summed E-state index contributed by atoms with van der Waals surface area (Å²) in [6, 6.07) is 4.63. The predicted molar refractivity (Wildman–Crippen MR) is 167 cm³/mol. The number of hydrogen-bond donors (Lipinski definition) is 1. The Bertz CT molecular complexity index is 1230. The molecule has 12 nitrogen and oxygen atoms in total. The van der Waals surface area contributed by atoms with E-state index in [2.05, 4.69) is 9.80 Å². The SMILES string of the molecule is CC[C@@H](CN(C)CCN(C)C[C@@H](CC)c1c(C(=O)O)cc(OC)c(OC)c1OC)OC(=O)c1cc(OC)c(OC)c(OC)c1. The fourth-order valence-electron chi connectivity index (χ4n) is 5.10. The Labute approximate surface area is 260 Å². The van der Waals surface area contributed by atoms with E-state index in [-0.39, 0.29) is 17.6 Å². The minimum Gasteiger partial charge on any atom is -0.493 e. The molecule has 0 aliphatic rings. The highest BCUT2D eigenvalue weighted by atomic mass is 16.6. The first-order chi connectivity index (χ1) is 21.0. The number of carboxylic acid groups (broad SMARTS) is 1. The van der Waals surface area contributed by atoms with Gasteiger partial charge in [0.1, 0.15) is 6.10 Å². The van der Waals surface area contributed by atoms with Crippen molar-refractivity contribution >= 4 is 11.9 Å². The van der Waals surface area contributed by atoms with E-state index in [1.807, 2.05) is 27.9 Å². The molecule has 12 heteroatoms. The normalized spacial score (nSPS) is 12.5. The second kappa shape index (κ2) is 17.4. The largest absolute Gasteiger partial charge is 0.493 e. The second-order valence-electron chi connectivity index (χ2n) is 10.4. The Balaban J connectivity index is 2.10. The van der Waals surface area contributed by atoms with Crippen LogP contribution >= 0.6 is 0 Å². The highest BCUT2D eigenvalue weighted by Gasteiger charge is 2.29. The number of nitrogens with zero attached hydrogens (tertiary/aromatic N) is 2. The summed E-state index contributed by atoms with van der Waals surface area (Å²) in [5.41, 5.74) is 0.999. The van der Waals surface area contributed by atoms with E-state index in [1.54, 1.807) is 12.1 Å². The van der Waals surface area contributed by atoms with E-state index in [0.717, 1.165) is 0 Å². The average Bonchev–Trinajstić information content (AvgIpc) is 3.03. The molecule has 0 aliphatic carbocycles. The summed E-state index contributed by atoms with van der Waals surface area (Å²) in [6.45, 7) is 6.49. The quantitative estimate of drug-likeness (QED) is 0.223. The number of ether oxygens (including phenoxy) is 7. The van der Waals surface area contributed by atoms with Gasteiger partial charge in [-0.3, -0.25) is 0 Å². The van der Waals surface area contributed by atoms with Gasteiger partial charge in [0, 0.05) is 37.7 Å². The smallest absolute Gasteiger partial charge is 0.338 e. The van der Waals surface area contributed by atoms with E-state index >= 15 is 0 Å². The first-order valence-corrected chi connectivity index (χ1v) is 14.5. The number of likely N-dealkylation sites (N-methyl/N-ethyl adjacent to an activating group) is 2. The van der Waals surface area contributed by atoms with Gasteiger partial charge in [0.05, 0.1) is 53.8 Å². The lowest BCUT2D eigenvalue weighted by molar-refractivity contribution is 0.0208. The third kappa shape index (κ3) is 8.82. The van der Waals surface area contributed by atoms with Gasteiger partial charge >= 0.3 is 11.9 Å². The highest BCUT2D eigenvalue weighted by Crippen LogP contribution is 2.46. The van der Waals surface area contributed by atoms with Crippen molar-refractivity contribution in [3.05, 3.63) is 34.9 Å². The fraction of sp³-hybridized carbons (Fsp3) is 0.562. The maximum absolute atomic E-state index is 13.0. The molecule has 0 spiro atoms. The molecule has 2 aromatic rings. The molecule has 0 heterocycles. The molecule has 0 unspecified atom stereocenters. The number of rotatable bonds is 19. The van der Waals surface area contributed by atoms with Crippen LogP contribution in [0.1, 0.15) is 58.9 Å². The van der Waals surface area contributed by atoms with Crippen LogP contribution in [-0.2, 0) is 4.74 Å². The molecule has 0 fully saturated rings. The summed E-state index contributed by atoms with van der Waals surface area (Å²) in [4.78, 5) is 29.5. The monoisotopic (exact) mass is 620 g/mol. The van der Waals surface area contributed by atoms with Crippen molar-refractivity contribution in [2.45, 2.75) is 38.7 Å². The lowest BCUT2D eigenvalue weighted by Crippen LogP contribution is -2.38. The maximum atomic E-state index is 13.0. The van der Waals surface area contributed by atoms with Crippen molar-refractivity contribution < 1.29 is 47.9 Å². The van der Waals surface area contributed by atoms with Crippen LogP contribution in [0.4, 0.5) is 0 Å². The topological polar surface area (TPSA) is 125 Å². The van der Waals surface area contributed by atoms with Gasteiger partial charge in [-0.25, -0.2) is 9.59 Å². The van der Waals surface area contributed by atoms with Crippen LogP contribution in [0.15, 0.2) is 18.2 Å². The molecule has 0 aliphatic heterocycles. The number of carbonyl (C=O) groups excluding carboxylic acids is 1. The summed E-state index contributed by atoms with van der Waals surface area (Å²) < 4.78 is 38.5. The Kier molecular flexibility index (Phi) is 14.4. The van der Waals surface area contributed by atoms with Crippen LogP contribution in [0.3, 0.4) is 0 Å². The minimum atomic E-state index is -1.06. The van der Waals surface area contributed by atoms with Crippen LogP contribution in [-0.4, -0.2) is 116 Å². The van der Waals surface area contributed by atoms with Gasteiger partial charge in [-0.1, -0.05) is 13.8 Å². The molecule has 44 heavy (non-hydrogen) atoms. The molecule has 0 saturated carbocycles. The van der Waals surface area contributed by atoms with Gasteiger partial charge in [-0.2, -0.15) is 0 Å². The van der Waals surface area contributed by atoms with Crippen LogP contribution in [0.5, 0.6) is 34.5 Å². The number of methoxy groups -OCH3 is 6. The van der Waals surface area contributed by atoms with Gasteiger partial charge in [-0.05, 0) is 45.1 Å². The molecule has 0 saturated heterocycles. The molecule has 2 rings (SSSR count). The summed E-state index contributed by atoms with van der Waals surface area (Å²) in [7, 11) is 12.9. The first kappa shape index (κ1) is 36.3. The lowest BCUT2D eigenvalue weighted by atomic mass is 9.89. The van der Waals surface area contributed by atoms with Crippen molar-refractivity contribution in [1.29, 1.82) is 0 Å². The van der Waals surface area contributed by atoms with Crippen molar-refractivity contribution in [3.63, 3.8) is 0 Å². The molecule has 2 aromatic carbocycles. The zero-order valence-electron chi connectivity index (χ0n) is 27.6. The maximum Gasteiger partial charge on any atom is 0.338 e. The lowest BCUT2D eigenvalue weighted by Gasteiger charge is -2.29. The fourth-order valence-corrected chi connectivity index (χ4v) is 5.10. The molecular weight excluding hydrogens is 572 g/mol. The Morgan fingerprint density at radius 1 is 0.705 bits per heavy atom. The molecule has 1 N–H and O–H groups in total. The predicted octanol–water partition coefficient (Wildman–Crippen LogP) is 4.43. The third-order valence-corrected chi connectivity index (χ3v) is 7.54. The van der Waals surface area contributed by atoms with Crippen LogP contribution in [0, 0.1) is 0 Å². The van der Waals surface area contributed by atoms with Crippen LogP contribution in [0.25, 0.3) is 0 Å². The Hall–Kier alpha value is -3.90. The van der Waals surface area contributed by atoms with Gasteiger partial charge in [0.15, 0.2) is 23.0 Å². The Morgan fingerprint density at radius 3 is 1.64 bits per heavy atom. The van der Waals surface area contributed by atoms with Gasteiger partial charge < -0.3 is 48.1 Å². The highest BCUT2D eigenvalue weighted by molar-refractivity contribution is 5.92. The summed E-state index contributed by atoms with van der Waals surface area (Å²) in [6.07, 6.45) is 0.973. The van der Waals surface area contributed by atoms with Crippen molar-refractivity contribution in [2.24, 2.45) is 0 Å². The minimum absolute atomic E-state index is 0.122. The van der Waals surface area contributed by atoms with E-state index < -0.39 is 11.9 Å². The third-order valence-electron chi connectivity index (χ3n) is 7.54. The number of aromatic carboxylic acids is 1. The van der Waals surface area contributed by atoms with Crippen LogP contribution < -0.4 is 28.4 Å². The second-order valence-corrected chi connectivity index (χ2v) is 10.4. The first-order valence-electron chi connectivity index (χ1n) is 14.5. The average molecular weight is 621 g/mol. The zero-order chi connectivity index (χ0) is 33.0. The summed E-state index contributed by atoms with van der Waals surface area (Å²) >= 11 is 0. The summed E-state index contributed by atoms with van der Waals surface area (Å²) in [5, 5.41) is 10.0. The molecule has 0 amide bonds. The number of benzene rings is 2. The van der Waals surface area contributed by atoms with Crippen LogP contribution in [0.2, 0.25) is 0 Å². The molecule has 0 radical (unpaired) electrons. The number of esters is 1. The van der Waals surface area contributed by atoms with E-state index in [4.69, 9.17) is 33.2 Å². The number of hydrogen-bond acceptors (Lipinski definition) is 11. The van der Waals surface area contributed by atoms with Gasteiger partial charge in [-0.15, -0.1) is 0 Å². The van der Waals surface area contributed by atoms with Gasteiger partial charge in [0.25, 0.3) is 0 Å².